The van der Waals surface area contributed by atoms with Gasteiger partial charge in [0.15, 0.2) is 0 Å². The van der Waals surface area contributed by atoms with Gasteiger partial charge in [0, 0.05) is 22.9 Å². The highest BCUT2D eigenvalue weighted by atomic mass is 35.5. The molecule has 0 aromatic heterocycles. The molecule has 2 aromatic rings. The van der Waals surface area contributed by atoms with Crippen LogP contribution in [0.4, 0.5) is 0 Å². The van der Waals surface area contributed by atoms with Crippen molar-refractivity contribution in [1.82, 2.24) is 10.6 Å². The molecule has 2 saturated heterocycles. The SMILES string of the molecule is NC(=O)C(N)c1ccc(Cl)cc1.O=C1NC2(CCOCC2)NC1c1ccc(Cl)cc1. The summed E-state index contributed by atoms with van der Waals surface area (Å²) >= 11 is 11.5. The molecule has 2 aromatic carbocycles. The highest BCUT2D eigenvalue weighted by Crippen LogP contribution is 2.29. The minimum absolute atomic E-state index is 0.0271. The van der Waals surface area contributed by atoms with Crippen LogP contribution in [0.2, 0.25) is 10.0 Å². The summed E-state index contributed by atoms with van der Waals surface area (Å²) in [6.45, 7) is 1.36. The molecule has 2 heterocycles. The summed E-state index contributed by atoms with van der Waals surface area (Å²) in [7, 11) is 0. The second-order valence-corrected chi connectivity index (χ2v) is 8.12. The van der Waals surface area contributed by atoms with E-state index in [1.54, 1.807) is 36.4 Å². The average molecular weight is 451 g/mol. The van der Waals surface area contributed by atoms with Crippen molar-refractivity contribution in [2.75, 3.05) is 13.2 Å². The number of halogens is 2. The molecule has 1 spiro atoms. The molecule has 2 unspecified atom stereocenters. The molecule has 0 aliphatic carbocycles. The topological polar surface area (TPSA) is 119 Å². The number of rotatable bonds is 3. The monoisotopic (exact) mass is 450 g/mol. The van der Waals surface area contributed by atoms with Gasteiger partial charge >= 0.3 is 0 Å². The van der Waals surface area contributed by atoms with Crippen molar-refractivity contribution in [1.29, 1.82) is 0 Å². The van der Waals surface area contributed by atoms with Gasteiger partial charge in [-0.3, -0.25) is 14.9 Å². The number of hydrogen-bond donors (Lipinski definition) is 4. The van der Waals surface area contributed by atoms with Crippen LogP contribution in [0.25, 0.3) is 0 Å². The fourth-order valence-electron chi connectivity index (χ4n) is 3.40. The van der Waals surface area contributed by atoms with Crippen LogP contribution in [0.5, 0.6) is 0 Å². The summed E-state index contributed by atoms with van der Waals surface area (Å²) < 4.78 is 5.34. The second-order valence-electron chi connectivity index (χ2n) is 7.24. The van der Waals surface area contributed by atoms with Crippen LogP contribution >= 0.6 is 23.2 Å². The van der Waals surface area contributed by atoms with Crippen LogP contribution in [0.1, 0.15) is 36.1 Å². The molecule has 0 saturated carbocycles. The molecule has 2 amide bonds. The maximum Gasteiger partial charge on any atom is 0.243 e. The van der Waals surface area contributed by atoms with Gasteiger partial charge in [-0.1, -0.05) is 47.5 Å². The number of primary amides is 1. The standard InChI is InChI=1S/C13H15ClN2O2.C8H9ClN2O/c14-10-3-1-9(2-4-10)11-12(17)16-13(15-11)5-7-18-8-6-13;9-6-3-1-5(2-4-6)7(10)8(11)12/h1-4,11,15H,5-8H2,(H,16,17);1-4,7H,10H2,(H2,11,12). The van der Waals surface area contributed by atoms with Crippen molar-refractivity contribution in [3.05, 3.63) is 69.7 Å². The van der Waals surface area contributed by atoms with Gasteiger partial charge in [-0.15, -0.1) is 0 Å². The van der Waals surface area contributed by atoms with Gasteiger partial charge in [0.1, 0.15) is 12.1 Å². The average Bonchev–Trinajstić information content (AvgIpc) is 3.05. The Morgan fingerprint density at radius 3 is 2.10 bits per heavy atom. The van der Waals surface area contributed by atoms with Crippen molar-refractivity contribution in [3.63, 3.8) is 0 Å². The Labute approximate surface area is 185 Å². The van der Waals surface area contributed by atoms with Gasteiger partial charge in [0.25, 0.3) is 0 Å². The molecule has 2 fully saturated rings. The molecular weight excluding hydrogens is 427 g/mol. The number of carbonyl (C=O) groups is 2. The van der Waals surface area contributed by atoms with Gasteiger partial charge in [-0.2, -0.15) is 0 Å². The van der Waals surface area contributed by atoms with E-state index in [-0.39, 0.29) is 17.6 Å². The minimum atomic E-state index is -0.748. The quantitative estimate of drug-likeness (QED) is 0.572. The second kappa shape index (κ2) is 9.76. The third-order valence-electron chi connectivity index (χ3n) is 5.13. The Bertz CT molecular complexity index is 884. The maximum absolute atomic E-state index is 12.1. The molecule has 2 aliphatic heterocycles. The fraction of sp³-hybridized carbons (Fsp3) is 0.333. The van der Waals surface area contributed by atoms with E-state index in [4.69, 9.17) is 39.4 Å². The first-order valence-electron chi connectivity index (χ1n) is 9.53. The zero-order chi connectivity index (χ0) is 21.7. The third kappa shape index (κ3) is 5.50. The summed E-state index contributed by atoms with van der Waals surface area (Å²) in [6.07, 6.45) is 1.62. The molecule has 4 rings (SSSR count). The molecule has 6 N–H and O–H groups in total. The van der Waals surface area contributed by atoms with Gasteiger partial charge in [-0.05, 0) is 35.4 Å². The van der Waals surface area contributed by atoms with Crippen LogP contribution < -0.4 is 22.1 Å². The Hall–Kier alpha value is -2.16. The lowest BCUT2D eigenvalue weighted by Crippen LogP contribution is -2.53. The molecule has 2 atom stereocenters. The highest BCUT2D eigenvalue weighted by molar-refractivity contribution is 6.30. The zero-order valence-corrected chi connectivity index (χ0v) is 17.7. The molecule has 0 radical (unpaired) electrons. The Balaban J connectivity index is 0.000000187. The van der Waals surface area contributed by atoms with Crippen molar-refractivity contribution in [3.8, 4) is 0 Å². The van der Waals surface area contributed by atoms with E-state index in [9.17, 15) is 9.59 Å². The van der Waals surface area contributed by atoms with Crippen molar-refractivity contribution in [2.45, 2.75) is 30.6 Å². The minimum Gasteiger partial charge on any atom is -0.381 e. The lowest BCUT2D eigenvalue weighted by Gasteiger charge is -2.33. The van der Waals surface area contributed by atoms with E-state index in [0.717, 1.165) is 18.4 Å². The number of ether oxygens (including phenoxy) is 1. The van der Waals surface area contributed by atoms with E-state index < -0.39 is 11.9 Å². The number of nitrogens with two attached hydrogens (primary N) is 2. The van der Waals surface area contributed by atoms with E-state index in [0.29, 0.717) is 28.8 Å². The summed E-state index contributed by atoms with van der Waals surface area (Å²) in [5, 5.41) is 7.76. The summed E-state index contributed by atoms with van der Waals surface area (Å²) in [5.41, 5.74) is 11.8. The van der Waals surface area contributed by atoms with Gasteiger partial charge in [-0.25, -0.2) is 0 Å². The van der Waals surface area contributed by atoms with Crippen molar-refractivity contribution < 1.29 is 14.3 Å². The van der Waals surface area contributed by atoms with Crippen LogP contribution in [-0.4, -0.2) is 30.7 Å². The smallest absolute Gasteiger partial charge is 0.243 e. The van der Waals surface area contributed by atoms with Crippen LogP contribution in [0.3, 0.4) is 0 Å². The van der Waals surface area contributed by atoms with Gasteiger partial charge in [0.2, 0.25) is 11.8 Å². The Kier molecular flexibility index (Phi) is 7.33. The molecular formula is C21H24Cl2N4O3. The first-order chi connectivity index (χ1) is 14.3. The van der Waals surface area contributed by atoms with E-state index in [2.05, 4.69) is 10.6 Å². The first-order valence-corrected chi connectivity index (χ1v) is 10.3. The summed E-state index contributed by atoms with van der Waals surface area (Å²) in [4.78, 5) is 22.7. The van der Waals surface area contributed by atoms with Crippen LogP contribution in [-0.2, 0) is 14.3 Å². The lowest BCUT2D eigenvalue weighted by atomic mass is 10.0. The fourth-order valence-corrected chi connectivity index (χ4v) is 3.65. The number of carbonyl (C=O) groups excluding carboxylic acids is 2. The molecule has 160 valence electrons. The number of benzene rings is 2. The highest BCUT2D eigenvalue weighted by Gasteiger charge is 2.44. The van der Waals surface area contributed by atoms with E-state index in [1.165, 1.54) is 0 Å². The molecule has 0 bridgehead atoms. The molecule has 30 heavy (non-hydrogen) atoms. The lowest BCUT2D eigenvalue weighted by molar-refractivity contribution is -0.121. The third-order valence-corrected chi connectivity index (χ3v) is 5.63. The summed E-state index contributed by atoms with van der Waals surface area (Å²) in [5.74, 6) is -0.517. The van der Waals surface area contributed by atoms with Crippen molar-refractivity contribution in [2.24, 2.45) is 11.5 Å². The molecule has 7 nitrogen and oxygen atoms in total. The molecule has 2 aliphatic rings. The van der Waals surface area contributed by atoms with E-state index in [1.807, 2.05) is 12.1 Å². The van der Waals surface area contributed by atoms with E-state index >= 15 is 0 Å². The van der Waals surface area contributed by atoms with Crippen molar-refractivity contribution >= 4 is 35.0 Å². The number of amides is 2. The number of nitrogens with one attached hydrogen (secondary N) is 2. The normalized spacial score (nSPS) is 20.8. The number of hydrogen-bond acceptors (Lipinski definition) is 5. The van der Waals surface area contributed by atoms with Crippen LogP contribution in [0.15, 0.2) is 48.5 Å². The molecule has 9 heteroatoms. The predicted octanol–water partition coefficient (Wildman–Crippen LogP) is 2.43. The Morgan fingerprint density at radius 2 is 1.57 bits per heavy atom. The first kappa shape index (κ1) is 22.5. The zero-order valence-electron chi connectivity index (χ0n) is 16.2. The van der Waals surface area contributed by atoms with Gasteiger partial charge in [0.05, 0.1) is 18.9 Å². The predicted molar refractivity (Wildman–Crippen MR) is 116 cm³/mol. The largest absolute Gasteiger partial charge is 0.381 e. The van der Waals surface area contributed by atoms with Crippen LogP contribution in [0, 0.1) is 0 Å². The summed E-state index contributed by atoms with van der Waals surface area (Å²) in [6, 6.07) is 13.0. The van der Waals surface area contributed by atoms with Gasteiger partial charge < -0.3 is 21.5 Å². The Morgan fingerprint density at radius 1 is 1.03 bits per heavy atom. The maximum atomic E-state index is 12.1.